The van der Waals surface area contributed by atoms with Crippen molar-refractivity contribution < 1.29 is 23.1 Å². The minimum atomic E-state index is -3.39. The van der Waals surface area contributed by atoms with Crippen molar-refractivity contribution in [3.63, 3.8) is 0 Å². The van der Waals surface area contributed by atoms with Gasteiger partial charge >= 0.3 is 5.97 Å². The lowest BCUT2D eigenvalue weighted by molar-refractivity contribution is 0.0691. The van der Waals surface area contributed by atoms with Crippen LogP contribution in [-0.4, -0.2) is 49.2 Å². The van der Waals surface area contributed by atoms with Crippen LogP contribution in [-0.2, 0) is 10.0 Å². The maximum Gasteiger partial charge on any atom is 0.355 e. The van der Waals surface area contributed by atoms with E-state index in [9.17, 15) is 18.0 Å². The second-order valence-corrected chi connectivity index (χ2v) is 6.20. The number of carbonyl (C=O) groups excluding carboxylic acids is 1. The molecule has 1 aromatic rings. The molecule has 19 heavy (non-hydrogen) atoms. The van der Waals surface area contributed by atoms with E-state index in [1.807, 2.05) is 0 Å². The summed E-state index contributed by atoms with van der Waals surface area (Å²) >= 11 is 0.885. The smallest absolute Gasteiger partial charge is 0.355 e. The molecule has 1 aromatic heterocycles. The number of hydrogen-bond acceptors (Lipinski definition) is 6. The zero-order chi connectivity index (χ0) is 14.5. The highest BCUT2D eigenvalue weighted by Crippen LogP contribution is 2.09. The predicted octanol–water partition coefficient (Wildman–Crippen LogP) is -0.490. The Morgan fingerprint density at radius 1 is 1.47 bits per heavy atom. The molecule has 10 heteroatoms. The first kappa shape index (κ1) is 15.5. The molecule has 0 fully saturated rings. The van der Waals surface area contributed by atoms with Crippen molar-refractivity contribution in [3.05, 3.63) is 16.1 Å². The van der Waals surface area contributed by atoms with Gasteiger partial charge in [-0.2, -0.15) is 0 Å². The molecule has 0 radical (unpaired) electrons. The van der Waals surface area contributed by atoms with Crippen LogP contribution in [0.5, 0.6) is 0 Å². The first-order valence-corrected chi connectivity index (χ1v) is 7.83. The maximum atomic E-state index is 11.6. The third-order valence-electron chi connectivity index (χ3n) is 1.94. The van der Waals surface area contributed by atoms with Gasteiger partial charge in [0.25, 0.3) is 5.91 Å². The minimum Gasteiger partial charge on any atom is -0.476 e. The number of hydrogen-bond donors (Lipinski definition) is 3. The fourth-order valence-electron chi connectivity index (χ4n) is 1.14. The third-order valence-corrected chi connectivity index (χ3v) is 4.25. The van der Waals surface area contributed by atoms with Crippen molar-refractivity contribution in [2.24, 2.45) is 0 Å². The highest BCUT2D eigenvalue weighted by molar-refractivity contribution is 7.89. The van der Waals surface area contributed by atoms with Crippen LogP contribution >= 0.6 is 11.3 Å². The lowest BCUT2D eigenvalue weighted by Crippen LogP contribution is -2.34. The Balaban J connectivity index is 2.49. The second kappa shape index (κ2) is 6.59. The molecule has 0 saturated heterocycles. The molecule has 0 aliphatic rings. The van der Waals surface area contributed by atoms with Crippen LogP contribution < -0.4 is 10.0 Å². The van der Waals surface area contributed by atoms with Gasteiger partial charge in [0, 0.05) is 18.5 Å². The van der Waals surface area contributed by atoms with Crippen LogP contribution in [0.2, 0.25) is 0 Å². The zero-order valence-corrected chi connectivity index (χ0v) is 11.7. The van der Waals surface area contributed by atoms with Gasteiger partial charge in [-0.1, -0.05) is 6.92 Å². The topological polar surface area (TPSA) is 125 Å². The van der Waals surface area contributed by atoms with Crippen LogP contribution in [0.1, 0.15) is 27.2 Å². The Morgan fingerprint density at radius 2 is 2.16 bits per heavy atom. The SMILES string of the molecule is CCNS(=O)(=O)CCNC(=O)c1nc(C(=O)O)cs1. The Hall–Kier alpha value is -1.52. The summed E-state index contributed by atoms with van der Waals surface area (Å²) in [6, 6.07) is 0. The van der Waals surface area contributed by atoms with Crippen LogP contribution in [0, 0.1) is 0 Å². The van der Waals surface area contributed by atoms with E-state index in [0.717, 1.165) is 11.3 Å². The molecule has 3 N–H and O–H groups in total. The van der Waals surface area contributed by atoms with Gasteiger partial charge in [-0.15, -0.1) is 11.3 Å². The van der Waals surface area contributed by atoms with E-state index in [1.165, 1.54) is 5.38 Å². The molecule has 0 atom stereocenters. The largest absolute Gasteiger partial charge is 0.476 e. The normalized spacial score (nSPS) is 11.2. The van der Waals surface area contributed by atoms with E-state index in [-0.39, 0.29) is 29.5 Å². The van der Waals surface area contributed by atoms with E-state index < -0.39 is 21.9 Å². The quantitative estimate of drug-likeness (QED) is 0.624. The summed E-state index contributed by atoms with van der Waals surface area (Å²) in [6.07, 6.45) is 0. The van der Waals surface area contributed by atoms with Gasteiger partial charge in [0.2, 0.25) is 10.0 Å². The molecule has 0 spiro atoms. The highest BCUT2D eigenvalue weighted by Gasteiger charge is 2.15. The second-order valence-electron chi connectivity index (χ2n) is 3.42. The number of aromatic nitrogens is 1. The summed E-state index contributed by atoms with van der Waals surface area (Å²) in [6.45, 7) is 1.86. The number of nitrogens with one attached hydrogen (secondary N) is 2. The van der Waals surface area contributed by atoms with E-state index >= 15 is 0 Å². The van der Waals surface area contributed by atoms with E-state index in [2.05, 4.69) is 15.0 Å². The molecule has 0 saturated carbocycles. The van der Waals surface area contributed by atoms with Gasteiger partial charge in [0.05, 0.1) is 5.75 Å². The number of rotatable bonds is 7. The molecule has 0 aromatic carbocycles. The average Bonchev–Trinajstić information content (AvgIpc) is 2.77. The molecule has 8 nitrogen and oxygen atoms in total. The van der Waals surface area contributed by atoms with Crippen LogP contribution in [0.4, 0.5) is 0 Å². The summed E-state index contributed by atoms with van der Waals surface area (Å²) in [5.74, 6) is -2.06. The van der Waals surface area contributed by atoms with Crippen molar-refractivity contribution in [3.8, 4) is 0 Å². The lowest BCUT2D eigenvalue weighted by Gasteiger charge is -2.04. The Labute approximate surface area is 113 Å². The number of nitrogens with zero attached hydrogens (tertiary/aromatic N) is 1. The van der Waals surface area contributed by atoms with E-state index in [4.69, 9.17) is 5.11 Å². The molecular formula is C9H13N3O5S2. The van der Waals surface area contributed by atoms with Gasteiger partial charge < -0.3 is 10.4 Å². The molecule has 1 rings (SSSR count). The van der Waals surface area contributed by atoms with Gasteiger partial charge in [-0.05, 0) is 0 Å². The predicted molar refractivity (Wildman–Crippen MR) is 68.9 cm³/mol. The van der Waals surface area contributed by atoms with Crippen molar-refractivity contribution in [2.75, 3.05) is 18.8 Å². The number of sulfonamides is 1. The Bertz CT molecular complexity index is 566. The Morgan fingerprint density at radius 3 is 2.68 bits per heavy atom. The monoisotopic (exact) mass is 307 g/mol. The maximum absolute atomic E-state index is 11.6. The van der Waals surface area contributed by atoms with Crippen molar-refractivity contribution in [2.45, 2.75) is 6.92 Å². The first-order chi connectivity index (χ1) is 8.85. The van der Waals surface area contributed by atoms with Crippen molar-refractivity contribution in [1.29, 1.82) is 0 Å². The van der Waals surface area contributed by atoms with Gasteiger partial charge in [-0.3, -0.25) is 4.79 Å². The molecule has 0 aliphatic carbocycles. The molecule has 0 bridgehead atoms. The molecule has 106 valence electrons. The summed E-state index contributed by atoms with van der Waals surface area (Å²) < 4.78 is 24.9. The number of carboxylic acid groups (broad SMARTS) is 1. The number of aromatic carboxylic acids is 1. The van der Waals surface area contributed by atoms with Crippen LogP contribution in [0.15, 0.2) is 5.38 Å². The summed E-state index contributed by atoms with van der Waals surface area (Å²) in [7, 11) is -3.39. The third kappa shape index (κ3) is 4.93. The lowest BCUT2D eigenvalue weighted by atomic mass is 10.5. The van der Waals surface area contributed by atoms with Gasteiger partial charge in [-0.25, -0.2) is 22.9 Å². The number of carbonyl (C=O) groups is 2. The number of thiazole rings is 1. The van der Waals surface area contributed by atoms with Crippen molar-refractivity contribution in [1.82, 2.24) is 15.0 Å². The van der Waals surface area contributed by atoms with Gasteiger partial charge in [0.15, 0.2) is 10.7 Å². The van der Waals surface area contributed by atoms with Crippen molar-refractivity contribution >= 4 is 33.2 Å². The number of carboxylic acids is 1. The molecule has 0 unspecified atom stereocenters. The molecular weight excluding hydrogens is 294 g/mol. The van der Waals surface area contributed by atoms with E-state index in [0.29, 0.717) is 0 Å². The first-order valence-electron chi connectivity index (χ1n) is 5.30. The standard InChI is InChI=1S/C9H13N3O5S2/c1-2-11-19(16,17)4-3-10-7(13)8-12-6(5-18-8)9(14)15/h5,11H,2-4H2,1H3,(H,10,13)(H,14,15). The average molecular weight is 307 g/mol. The Kier molecular flexibility index (Phi) is 5.39. The van der Waals surface area contributed by atoms with Crippen LogP contribution in [0.3, 0.4) is 0 Å². The van der Waals surface area contributed by atoms with Crippen LogP contribution in [0.25, 0.3) is 0 Å². The van der Waals surface area contributed by atoms with E-state index in [1.54, 1.807) is 6.92 Å². The minimum absolute atomic E-state index is 0.0155. The van der Waals surface area contributed by atoms with Gasteiger partial charge in [0.1, 0.15) is 0 Å². The summed E-state index contributed by atoms with van der Waals surface area (Å²) in [4.78, 5) is 25.7. The summed E-state index contributed by atoms with van der Waals surface area (Å²) in [5.41, 5.74) is -0.213. The molecule has 0 aliphatic heterocycles. The zero-order valence-electron chi connectivity index (χ0n) is 10.0. The summed E-state index contributed by atoms with van der Waals surface area (Å²) in [5, 5.41) is 12.2. The highest BCUT2D eigenvalue weighted by atomic mass is 32.2. The fourth-order valence-corrected chi connectivity index (χ4v) is 2.80. The fraction of sp³-hybridized carbons (Fsp3) is 0.444. The molecule has 1 amide bonds. The molecule has 1 heterocycles. The number of amides is 1.